The number of benzene rings is 2. The minimum absolute atomic E-state index is 0.0201. The van der Waals surface area contributed by atoms with Gasteiger partial charge < -0.3 is 15.0 Å². The molecule has 2 amide bonds. The van der Waals surface area contributed by atoms with E-state index in [1.54, 1.807) is 43.3 Å². The molecule has 3 rings (SSSR count). The monoisotopic (exact) mass is 446 g/mol. The molecule has 166 valence electrons. The van der Waals surface area contributed by atoms with Gasteiger partial charge in [-0.1, -0.05) is 42.6 Å². The quantitative estimate of drug-likeness (QED) is 0.642. The molecule has 1 N–H and O–H groups in total. The highest BCUT2D eigenvalue weighted by Gasteiger charge is 2.29. The predicted octanol–water partition coefficient (Wildman–Crippen LogP) is 4.64. The van der Waals surface area contributed by atoms with E-state index >= 15 is 0 Å². The Morgan fingerprint density at radius 2 is 1.94 bits per heavy atom. The number of hydrogen-bond acceptors (Lipinski definition) is 3. The molecule has 2 aromatic rings. The Hall–Kier alpha value is -2.60. The summed E-state index contributed by atoms with van der Waals surface area (Å²) >= 11 is 6.03. The first-order valence-electron chi connectivity index (χ1n) is 10.6. The van der Waals surface area contributed by atoms with Crippen LogP contribution in [-0.2, 0) is 16.1 Å². The van der Waals surface area contributed by atoms with Gasteiger partial charge in [0.25, 0.3) is 5.91 Å². The number of rotatable bonds is 8. The molecule has 1 aliphatic carbocycles. The molecule has 0 saturated heterocycles. The Balaban J connectivity index is 1.73. The average Bonchev–Trinajstić information content (AvgIpc) is 3.26. The number of ether oxygens (including phenoxy) is 1. The number of halogens is 2. The van der Waals surface area contributed by atoms with Gasteiger partial charge in [0, 0.05) is 23.2 Å². The van der Waals surface area contributed by atoms with E-state index in [1.165, 1.54) is 11.0 Å². The molecule has 7 heteroatoms. The van der Waals surface area contributed by atoms with E-state index in [-0.39, 0.29) is 25.1 Å². The van der Waals surface area contributed by atoms with Crippen LogP contribution in [0.2, 0.25) is 5.02 Å². The maximum atomic E-state index is 14.3. The summed E-state index contributed by atoms with van der Waals surface area (Å²) in [6.07, 6.45) is 4.06. The van der Waals surface area contributed by atoms with Gasteiger partial charge in [-0.15, -0.1) is 0 Å². The molecular weight excluding hydrogens is 419 g/mol. The van der Waals surface area contributed by atoms with E-state index in [2.05, 4.69) is 5.32 Å². The highest BCUT2D eigenvalue weighted by Crippen LogP contribution is 2.22. The second-order valence-electron chi connectivity index (χ2n) is 7.98. The molecule has 1 fully saturated rings. The van der Waals surface area contributed by atoms with E-state index in [9.17, 15) is 14.0 Å². The molecule has 1 aliphatic rings. The summed E-state index contributed by atoms with van der Waals surface area (Å²) in [5, 5.41) is 3.63. The summed E-state index contributed by atoms with van der Waals surface area (Å²) in [4.78, 5) is 27.2. The highest BCUT2D eigenvalue weighted by molar-refractivity contribution is 6.31. The minimum Gasteiger partial charge on any atom is -0.484 e. The third kappa shape index (κ3) is 6.20. The van der Waals surface area contributed by atoms with Crippen molar-refractivity contribution >= 4 is 23.4 Å². The van der Waals surface area contributed by atoms with E-state index in [4.69, 9.17) is 16.3 Å². The number of hydrogen-bond donors (Lipinski definition) is 1. The van der Waals surface area contributed by atoms with E-state index < -0.39 is 17.8 Å². The van der Waals surface area contributed by atoms with Gasteiger partial charge >= 0.3 is 0 Å². The normalized spacial score (nSPS) is 14.8. The van der Waals surface area contributed by atoms with Gasteiger partial charge in [0.15, 0.2) is 6.61 Å². The smallest absolute Gasteiger partial charge is 0.261 e. The standard InChI is InChI=1S/C24H28ClFN2O3/c1-16-13-20(11-12-21(16)25)31-15-23(29)28(14-18-7-3-6-10-22(18)26)17(2)24(30)27-19-8-4-5-9-19/h3,6-7,10-13,17,19H,4-5,8-9,14-15H2,1-2H3,(H,27,30). The van der Waals surface area contributed by atoms with E-state index in [0.29, 0.717) is 16.3 Å². The molecule has 1 unspecified atom stereocenters. The van der Waals surface area contributed by atoms with Crippen LogP contribution in [0.4, 0.5) is 4.39 Å². The van der Waals surface area contributed by atoms with E-state index in [0.717, 1.165) is 31.2 Å². The van der Waals surface area contributed by atoms with Crippen molar-refractivity contribution in [1.29, 1.82) is 0 Å². The molecule has 0 radical (unpaired) electrons. The van der Waals surface area contributed by atoms with Crippen LogP contribution in [0, 0.1) is 12.7 Å². The minimum atomic E-state index is -0.761. The lowest BCUT2D eigenvalue weighted by Gasteiger charge is -2.29. The Labute approximate surface area is 187 Å². The number of nitrogens with one attached hydrogen (secondary N) is 1. The summed E-state index contributed by atoms with van der Waals surface area (Å²) in [7, 11) is 0. The van der Waals surface area contributed by atoms with Crippen molar-refractivity contribution in [3.05, 3.63) is 64.4 Å². The molecule has 0 heterocycles. The Bertz CT molecular complexity index is 931. The third-order valence-electron chi connectivity index (χ3n) is 5.66. The summed E-state index contributed by atoms with van der Waals surface area (Å²) in [6.45, 7) is 3.22. The van der Waals surface area contributed by atoms with Crippen molar-refractivity contribution in [2.75, 3.05) is 6.61 Å². The Morgan fingerprint density at radius 3 is 2.61 bits per heavy atom. The lowest BCUT2D eigenvalue weighted by Crippen LogP contribution is -2.50. The van der Waals surface area contributed by atoms with Gasteiger partial charge in [-0.05, 0) is 56.5 Å². The zero-order valence-electron chi connectivity index (χ0n) is 17.9. The third-order valence-corrected chi connectivity index (χ3v) is 6.08. The van der Waals surface area contributed by atoms with Crippen molar-refractivity contribution < 1.29 is 18.7 Å². The van der Waals surface area contributed by atoms with Crippen LogP contribution in [0.25, 0.3) is 0 Å². The topological polar surface area (TPSA) is 58.6 Å². The first-order valence-corrected chi connectivity index (χ1v) is 10.9. The molecular formula is C24H28ClFN2O3. The van der Waals surface area contributed by atoms with Gasteiger partial charge in [-0.2, -0.15) is 0 Å². The van der Waals surface area contributed by atoms with Crippen LogP contribution >= 0.6 is 11.6 Å². The molecule has 0 spiro atoms. The fraction of sp³-hybridized carbons (Fsp3) is 0.417. The van der Waals surface area contributed by atoms with Crippen LogP contribution in [0.5, 0.6) is 5.75 Å². The van der Waals surface area contributed by atoms with Gasteiger partial charge in [-0.25, -0.2) is 4.39 Å². The van der Waals surface area contributed by atoms with E-state index in [1.807, 2.05) is 6.92 Å². The van der Waals surface area contributed by atoms with Crippen molar-refractivity contribution in [3.63, 3.8) is 0 Å². The SMILES string of the molecule is Cc1cc(OCC(=O)N(Cc2ccccc2F)C(C)C(=O)NC2CCCC2)ccc1Cl. The van der Waals surface area contributed by atoms with Crippen LogP contribution in [-0.4, -0.2) is 35.4 Å². The van der Waals surface area contributed by atoms with Crippen molar-refractivity contribution in [3.8, 4) is 5.75 Å². The Kier molecular flexibility index (Phi) is 7.91. The fourth-order valence-corrected chi connectivity index (χ4v) is 3.84. The molecule has 0 aliphatic heterocycles. The number of nitrogens with zero attached hydrogens (tertiary/aromatic N) is 1. The largest absolute Gasteiger partial charge is 0.484 e. The Morgan fingerprint density at radius 1 is 1.23 bits per heavy atom. The van der Waals surface area contributed by atoms with Gasteiger partial charge in [0.05, 0.1) is 0 Å². The second kappa shape index (κ2) is 10.6. The van der Waals surface area contributed by atoms with Crippen LogP contribution in [0.1, 0.15) is 43.7 Å². The molecule has 1 atom stereocenters. The average molecular weight is 447 g/mol. The molecule has 5 nitrogen and oxygen atoms in total. The van der Waals surface area contributed by atoms with Gasteiger partial charge in [0.2, 0.25) is 5.91 Å². The van der Waals surface area contributed by atoms with Crippen LogP contribution in [0.15, 0.2) is 42.5 Å². The first-order chi connectivity index (χ1) is 14.8. The molecule has 2 aromatic carbocycles. The molecule has 0 aromatic heterocycles. The van der Waals surface area contributed by atoms with Gasteiger partial charge in [-0.3, -0.25) is 9.59 Å². The lowest BCUT2D eigenvalue weighted by atomic mass is 10.1. The molecule has 1 saturated carbocycles. The lowest BCUT2D eigenvalue weighted by molar-refractivity contribution is -0.142. The zero-order valence-corrected chi connectivity index (χ0v) is 18.6. The number of carbonyl (C=O) groups is 2. The van der Waals surface area contributed by atoms with Crippen molar-refractivity contribution in [2.45, 2.75) is 58.2 Å². The predicted molar refractivity (Wildman–Crippen MR) is 118 cm³/mol. The summed E-state index contributed by atoms with van der Waals surface area (Å²) in [5.74, 6) is -0.550. The fourth-order valence-electron chi connectivity index (χ4n) is 3.72. The number of aryl methyl sites for hydroxylation is 1. The second-order valence-corrected chi connectivity index (χ2v) is 8.39. The first kappa shape index (κ1) is 23.1. The maximum Gasteiger partial charge on any atom is 0.261 e. The van der Waals surface area contributed by atoms with Gasteiger partial charge in [0.1, 0.15) is 17.6 Å². The maximum absolute atomic E-state index is 14.3. The van der Waals surface area contributed by atoms with Crippen LogP contribution in [0.3, 0.4) is 0 Å². The summed E-state index contributed by atoms with van der Waals surface area (Å²) in [5.41, 5.74) is 1.18. The number of amides is 2. The number of carbonyl (C=O) groups excluding carboxylic acids is 2. The molecule has 0 bridgehead atoms. The molecule has 31 heavy (non-hydrogen) atoms. The zero-order chi connectivity index (χ0) is 22.4. The van der Waals surface area contributed by atoms with Crippen molar-refractivity contribution in [1.82, 2.24) is 10.2 Å². The highest BCUT2D eigenvalue weighted by atomic mass is 35.5. The van der Waals surface area contributed by atoms with Crippen molar-refractivity contribution in [2.24, 2.45) is 0 Å². The summed E-state index contributed by atoms with van der Waals surface area (Å²) < 4.78 is 19.9. The van der Waals surface area contributed by atoms with Crippen LogP contribution < -0.4 is 10.1 Å². The summed E-state index contributed by atoms with van der Waals surface area (Å²) in [6, 6.07) is 10.7.